The van der Waals surface area contributed by atoms with E-state index in [9.17, 15) is 4.79 Å². The normalized spacial score (nSPS) is 10.9. The molecule has 0 aliphatic heterocycles. The van der Waals surface area contributed by atoms with Crippen LogP contribution < -0.4 is 0 Å². The average Bonchev–Trinajstić information content (AvgIpc) is 2.97. The molecule has 0 fully saturated rings. The molecule has 0 aliphatic carbocycles. The third-order valence-corrected chi connectivity index (χ3v) is 3.05. The van der Waals surface area contributed by atoms with Gasteiger partial charge in [0.05, 0.1) is 17.8 Å². The molecule has 90 valence electrons. The fraction of sp³-hybridized carbons (Fsp3) is 0.143. The summed E-state index contributed by atoms with van der Waals surface area (Å²) in [6.07, 6.45) is 4.81. The summed E-state index contributed by atoms with van der Waals surface area (Å²) in [7, 11) is 1.90. The molecule has 0 amide bonds. The Labute approximate surface area is 104 Å². The van der Waals surface area contributed by atoms with Gasteiger partial charge in [0.25, 0.3) is 0 Å². The van der Waals surface area contributed by atoms with Crippen LogP contribution in [0.3, 0.4) is 0 Å². The molecule has 0 saturated carbocycles. The molecule has 0 radical (unpaired) electrons. The first-order valence-electron chi connectivity index (χ1n) is 5.79. The van der Waals surface area contributed by atoms with Gasteiger partial charge >= 0.3 is 0 Å². The van der Waals surface area contributed by atoms with Gasteiger partial charge in [-0.2, -0.15) is 5.10 Å². The Morgan fingerprint density at radius 1 is 1.22 bits per heavy atom. The molecule has 4 heteroatoms. The molecule has 3 rings (SSSR count). The molecule has 2 heterocycles. The zero-order valence-corrected chi connectivity index (χ0v) is 10.1. The second-order valence-corrected chi connectivity index (χ2v) is 4.33. The monoisotopic (exact) mass is 239 g/mol. The number of aromatic nitrogens is 3. The zero-order chi connectivity index (χ0) is 12.5. The number of hydrogen-bond donors (Lipinski definition) is 0. The van der Waals surface area contributed by atoms with Gasteiger partial charge in [-0.25, -0.2) is 0 Å². The highest BCUT2D eigenvalue weighted by Crippen LogP contribution is 2.20. The molecule has 1 aromatic carbocycles. The Bertz CT molecular complexity index is 709. The second-order valence-electron chi connectivity index (χ2n) is 4.33. The van der Waals surface area contributed by atoms with Gasteiger partial charge in [-0.15, -0.1) is 0 Å². The number of hydrogen-bond acceptors (Lipinski definition) is 2. The van der Waals surface area contributed by atoms with Gasteiger partial charge in [0.1, 0.15) is 0 Å². The van der Waals surface area contributed by atoms with E-state index < -0.39 is 0 Å². The molecule has 0 saturated heterocycles. The summed E-state index contributed by atoms with van der Waals surface area (Å²) in [6, 6.07) is 9.75. The van der Waals surface area contributed by atoms with E-state index in [-0.39, 0.29) is 0 Å². The van der Waals surface area contributed by atoms with E-state index in [1.165, 1.54) is 0 Å². The predicted molar refractivity (Wildman–Crippen MR) is 69.6 cm³/mol. The van der Waals surface area contributed by atoms with E-state index in [1.807, 2.05) is 49.8 Å². The first kappa shape index (κ1) is 10.8. The van der Waals surface area contributed by atoms with E-state index in [1.54, 1.807) is 4.68 Å². The summed E-state index contributed by atoms with van der Waals surface area (Å²) >= 11 is 0. The van der Waals surface area contributed by atoms with Crippen LogP contribution in [0.4, 0.5) is 0 Å². The SMILES string of the molecule is Cn1ccc(Cn2ccc3cccc(C=O)c32)n1. The molecular weight excluding hydrogens is 226 g/mol. The molecule has 18 heavy (non-hydrogen) atoms. The number of rotatable bonds is 3. The molecule has 0 spiro atoms. The van der Waals surface area contributed by atoms with E-state index in [0.717, 1.165) is 22.9 Å². The molecule has 0 unspecified atom stereocenters. The van der Waals surface area contributed by atoms with Crippen molar-refractivity contribution >= 4 is 17.2 Å². The Morgan fingerprint density at radius 3 is 2.83 bits per heavy atom. The van der Waals surface area contributed by atoms with Crippen LogP contribution >= 0.6 is 0 Å². The van der Waals surface area contributed by atoms with Crippen LogP contribution in [-0.4, -0.2) is 20.6 Å². The Kier molecular flexibility index (Phi) is 2.48. The van der Waals surface area contributed by atoms with Crippen molar-refractivity contribution in [2.75, 3.05) is 0 Å². The van der Waals surface area contributed by atoms with Crippen molar-refractivity contribution in [3.05, 3.63) is 54.0 Å². The maximum Gasteiger partial charge on any atom is 0.152 e. The highest BCUT2D eigenvalue weighted by Gasteiger charge is 2.07. The lowest BCUT2D eigenvalue weighted by molar-refractivity contribution is 0.112. The van der Waals surface area contributed by atoms with Gasteiger partial charge in [-0.1, -0.05) is 12.1 Å². The fourth-order valence-electron chi connectivity index (χ4n) is 2.24. The molecule has 0 aliphatic rings. The van der Waals surface area contributed by atoms with Crippen LogP contribution in [0, 0.1) is 0 Å². The lowest BCUT2D eigenvalue weighted by atomic mass is 10.1. The number of aryl methyl sites for hydroxylation is 1. The largest absolute Gasteiger partial charge is 0.341 e. The number of aldehydes is 1. The minimum atomic E-state index is 0.676. The number of benzene rings is 1. The van der Waals surface area contributed by atoms with Gasteiger partial charge in [0, 0.05) is 30.4 Å². The molecule has 4 nitrogen and oxygen atoms in total. The molecule has 2 aromatic heterocycles. The Morgan fingerprint density at radius 2 is 2.11 bits per heavy atom. The topological polar surface area (TPSA) is 39.8 Å². The summed E-state index contributed by atoms with van der Waals surface area (Å²) in [5.74, 6) is 0. The number of carbonyl (C=O) groups is 1. The zero-order valence-electron chi connectivity index (χ0n) is 10.1. The third-order valence-electron chi connectivity index (χ3n) is 3.05. The van der Waals surface area contributed by atoms with Crippen molar-refractivity contribution in [1.82, 2.24) is 14.3 Å². The van der Waals surface area contributed by atoms with E-state index in [2.05, 4.69) is 9.67 Å². The lowest BCUT2D eigenvalue weighted by Gasteiger charge is -2.04. The summed E-state index contributed by atoms with van der Waals surface area (Å²) in [5, 5.41) is 5.43. The Balaban J connectivity index is 2.09. The quantitative estimate of drug-likeness (QED) is 0.657. The van der Waals surface area contributed by atoms with Gasteiger partial charge < -0.3 is 4.57 Å². The maximum absolute atomic E-state index is 11.1. The van der Waals surface area contributed by atoms with Crippen molar-refractivity contribution < 1.29 is 4.79 Å². The van der Waals surface area contributed by atoms with E-state index >= 15 is 0 Å². The number of fused-ring (bicyclic) bond motifs is 1. The molecule has 0 atom stereocenters. The minimum absolute atomic E-state index is 0.676. The standard InChI is InChI=1S/C14H13N3O/c1-16-7-6-13(15-16)9-17-8-5-11-3-2-4-12(10-18)14(11)17/h2-8,10H,9H2,1H3. The molecule has 0 bridgehead atoms. The highest BCUT2D eigenvalue weighted by atomic mass is 16.1. The minimum Gasteiger partial charge on any atom is -0.341 e. The predicted octanol–water partition coefficient (Wildman–Crippen LogP) is 2.24. The smallest absolute Gasteiger partial charge is 0.152 e. The summed E-state index contributed by atoms with van der Waals surface area (Å²) in [4.78, 5) is 11.1. The van der Waals surface area contributed by atoms with Gasteiger partial charge in [0.2, 0.25) is 0 Å². The second kappa shape index (κ2) is 4.14. The van der Waals surface area contributed by atoms with Crippen LogP contribution in [-0.2, 0) is 13.6 Å². The first-order chi connectivity index (χ1) is 8.78. The number of carbonyl (C=O) groups excluding carboxylic acids is 1. The van der Waals surface area contributed by atoms with Crippen LogP contribution in [0.5, 0.6) is 0 Å². The number of nitrogens with zero attached hydrogens (tertiary/aromatic N) is 3. The molecule has 3 aromatic rings. The molecule has 0 N–H and O–H groups in total. The van der Waals surface area contributed by atoms with Crippen molar-refractivity contribution in [2.45, 2.75) is 6.54 Å². The average molecular weight is 239 g/mol. The Hall–Kier alpha value is -2.36. The summed E-state index contributed by atoms with van der Waals surface area (Å²) in [6.45, 7) is 0.676. The van der Waals surface area contributed by atoms with E-state index in [0.29, 0.717) is 12.1 Å². The van der Waals surface area contributed by atoms with Gasteiger partial charge in [-0.3, -0.25) is 9.48 Å². The maximum atomic E-state index is 11.1. The third kappa shape index (κ3) is 1.72. The first-order valence-corrected chi connectivity index (χ1v) is 5.79. The van der Waals surface area contributed by atoms with Crippen LogP contribution in [0.2, 0.25) is 0 Å². The van der Waals surface area contributed by atoms with Gasteiger partial charge in [-0.05, 0) is 18.2 Å². The van der Waals surface area contributed by atoms with Crippen molar-refractivity contribution in [3.8, 4) is 0 Å². The molecular formula is C14H13N3O. The van der Waals surface area contributed by atoms with Crippen molar-refractivity contribution in [1.29, 1.82) is 0 Å². The van der Waals surface area contributed by atoms with Crippen LogP contribution in [0.25, 0.3) is 10.9 Å². The summed E-state index contributed by atoms with van der Waals surface area (Å²) < 4.78 is 3.84. The number of para-hydroxylation sites is 1. The van der Waals surface area contributed by atoms with Gasteiger partial charge in [0.15, 0.2) is 6.29 Å². The van der Waals surface area contributed by atoms with Crippen LogP contribution in [0.15, 0.2) is 42.7 Å². The van der Waals surface area contributed by atoms with Crippen molar-refractivity contribution in [3.63, 3.8) is 0 Å². The fourth-order valence-corrected chi connectivity index (χ4v) is 2.24. The van der Waals surface area contributed by atoms with Crippen molar-refractivity contribution in [2.24, 2.45) is 7.05 Å². The van der Waals surface area contributed by atoms with E-state index in [4.69, 9.17) is 0 Å². The highest BCUT2D eigenvalue weighted by molar-refractivity contribution is 5.96. The van der Waals surface area contributed by atoms with Crippen LogP contribution in [0.1, 0.15) is 16.1 Å². The lowest BCUT2D eigenvalue weighted by Crippen LogP contribution is -2.01. The summed E-state index contributed by atoms with van der Waals surface area (Å²) in [5.41, 5.74) is 2.67.